The number of hydrogen-bond donors (Lipinski definition) is 0. The molecule has 0 atom stereocenters. The SMILES string of the molecule is C(#Cc1cc(-c2cccc3ccccc23)cc2ccccc12)c1cccc2ccccc12. The van der Waals surface area contributed by atoms with Gasteiger partial charge in [0.15, 0.2) is 0 Å². The lowest BCUT2D eigenvalue weighted by Crippen LogP contribution is -1.87. The van der Waals surface area contributed by atoms with Crippen molar-refractivity contribution < 1.29 is 0 Å². The van der Waals surface area contributed by atoms with Gasteiger partial charge in [-0.25, -0.2) is 0 Å². The maximum atomic E-state index is 3.50. The summed E-state index contributed by atoms with van der Waals surface area (Å²) < 4.78 is 0. The second-order valence-electron chi connectivity index (χ2n) is 8.05. The van der Waals surface area contributed by atoms with E-state index in [0.29, 0.717) is 0 Å². The highest BCUT2D eigenvalue weighted by Gasteiger charge is 2.08. The van der Waals surface area contributed by atoms with E-state index in [1.165, 1.54) is 43.4 Å². The molecule has 6 aromatic carbocycles. The number of fused-ring (bicyclic) bond motifs is 3. The first-order valence-electron chi connectivity index (χ1n) is 10.9. The van der Waals surface area contributed by atoms with Crippen LogP contribution < -0.4 is 0 Å². The highest BCUT2D eigenvalue weighted by Crippen LogP contribution is 2.32. The molecule has 6 rings (SSSR count). The molecule has 6 aromatic rings. The summed E-state index contributed by atoms with van der Waals surface area (Å²) in [6.07, 6.45) is 0. The average molecular weight is 405 g/mol. The molecule has 0 saturated carbocycles. The summed E-state index contributed by atoms with van der Waals surface area (Å²) in [6, 6.07) is 42.8. The van der Waals surface area contributed by atoms with E-state index in [-0.39, 0.29) is 0 Å². The minimum atomic E-state index is 1.05. The summed E-state index contributed by atoms with van der Waals surface area (Å²) in [4.78, 5) is 0. The molecule has 0 saturated heterocycles. The van der Waals surface area contributed by atoms with E-state index < -0.39 is 0 Å². The predicted octanol–water partition coefficient (Wildman–Crippen LogP) is 8.21. The van der Waals surface area contributed by atoms with Crippen LogP contribution in [0.5, 0.6) is 0 Å². The minimum absolute atomic E-state index is 1.05. The Kier molecular flexibility index (Phi) is 4.45. The first kappa shape index (κ1) is 18.4. The van der Waals surface area contributed by atoms with Crippen molar-refractivity contribution in [2.24, 2.45) is 0 Å². The van der Waals surface area contributed by atoms with Crippen molar-refractivity contribution >= 4 is 32.3 Å². The van der Waals surface area contributed by atoms with E-state index >= 15 is 0 Å². The maximum Gasteiger partial charge on any atom is 0.0333 e. The normalized spacial score (nSPS) is 10.9. The van der Waals surface area contributed by atoms with Crippen molar-refractivity contribution in [1.82, 2.24) is 0 Å². The van der Waals surface area contributed by atoms with Gasteiger partial charge in [0.1, 0.15) is 0 Å². The zero-order valence-electron chi connectivity index (χ0n) is 17.5. The van der Waals surface area contributed by atoms with Crippen molar-refractivity contribution in [3.8, 4) is 23.0 Å². The highest BCUT2D eigenvalue weighted by atomic mass is 14.1. The molecule has 148 valence electrons. The van der Waals surface area contributed by atoms with Crippen LogP contribution in [0.3, 0.4) is 0 Å². The van der Waals surface area contributed by atoms with Gasteiger partial charge in [0, 0.05) is 11.1 Å². The van der Waals surface area contributed by atoms with Crippen LogP contribution in [0.15, 0.2) is 121 Å². The Hall–Kier alpha value is -4.34. The summed E-state index contributed by atoms with van der Waals surface area (Å²) in [5.41, 5.74) is 4.55. The van der Waals surface area contributed by atoms with Gasteiger partial charge < -0.3 is 0 Å². The van der Waals surface area contributed by atoms with Crippen LogP contribution in [0, 0.1) is 11.8 Å². The molecule has 0 amide bonds. The summed E-state index contributed by atoms with van der Waals surface area (Å²) in [6.45, 7) is 0. The van der Waals surface area contributed by atoms with Crippen LogP contribution in [-0.4, -0.2) is 0 Å². The van der Waals surface area contributed by atoms with Gasteiger partial charge in [0.2, 0.25) is 0 Å². The van der Waals surface area contributed by atoms with Crippen LogP contribution in [0.25, 0.3) is 43.4 Å². The van der Waals surface area contributed by atoms with Crippen LogP contribution in [-0.2, 0) is 0 Å². The zero-order valence-corrected chi connectivity index (χ0v) is 17.5. The fourth-order valence-corrected chi connectivity index (χ4v) is 4.52. The molecular weight excluding hydrogens is 384 g/mol. The fraction of sp³-hybridized carbons (Fsp3) is 0. The Morgan fingerprint density at radius 3 is 1.69 bits per heavy atom. The van der Waals surface area contributed by atoms with Gasteiger partial charge in [-0.05, 0) is 61.6 Å². The molecule has 0 aliphatic carbocycles. The standard InChI is InChI=1S/C32H20/c1-4-15-29-23(9-1)12-7-13-25(29)19-20-27-22-28(21-26-11-3-5-16-30(26)27)32-18-8-14-24-10-2-6-17-31(24)32/h1-18,21-22H. The Labute approximate surface area is 187 Å². The van der Waals surface area contributed by atoms with Crippen LogP contribution in [0.1, 0.15) is 11.1 Å². The molecule has 0 nitrogen and oxygen atoms in total. The molecule has 0 spiro atoms. The summed E-state index contributed by atoms with van der Waals surface area (Å²) in [5.74, 6) is 6.97. The topological polar surface area (TPSA) is 0 Å². The second kappa shape index (κ2) is 7.73. The molecular formula is C32H20. The first-order valence-corrected chi connectivity index (χ1v) is 10.9. The average Bonchev–Trinajstić information content (AvgIpc) is 2.86. The number of rotatable bonds is 1. The molecule has 0 radical (unpaired) electrons. The van der Waals surface area contributed by atoms with Crippen LogP contribution >= 0.6 is 0 Å². The molecule has 0 N–H and O–H groups in total. The molecule has 0 heterocycles. The molecule has 0 aromatic heterocycles. The van der Waals surface area contributed by atoms with E-state index in [1.807, 2.05) is 0 Å². The third-order valence-corrected chi connectivity index (χ3v) is 6.08. The minimum Gasteiger partial charge on any atom is -0.0616 e. The number of hydrogen-bond acceptors (Lipinski definition) is 0. The van der Waals surface area contributed by atoms with Gasteiger partial charge in [-0.15, -0.1) is 0 Å². The van der Waals surface area contributed by atoms with Crippen molar-refractivity contribution in [3.05, 3.63) is 132 Å². The molecule has 0 fully saturated rings. The zero-order chi connectivity index (χ0) is 21.3. The smallest absolute Gasteiger partial charge is 0.0333 e. The third kappa shape index (κ3) is 3.22. The Bertz CT molecular complexity index is 1670. The highest BCUT2D eigenvalue weighted by molar-refractivity contribution is 6.00. The molecule has 0 heteroatoms. The Balaban J connectivity index is 1.58. The van der Waals surface area contributed by atoms with E-state index in [4.69, 9.17) is 0 Å². The van der Waals surface area contributed by atoms with Gasteiger partial charge in [-0.3, -0.25) is 0 Å². The lowest BCUT2D eigenvalue weighted by atomic mass is 9.93. The quantitative estimate of drug-likeness (QED) is 0.242. The maximum absolute atomic E-state index is 3.50. The van der Waals surface area contributed by atoms with Gasteiger partial charge in [0.25, 0.3) is 0 Å². The monoisotopic (exact) mass is 404 g/mol. The van der Waals surface area contributed by atoms with Gasteiger partial charge in [-0.1, -0.05) is 115 Å². The van der Waals surface area contributed by atoms with Crippen molar-refractivity contribution in [2.75, 3.05) is 0 Å². The van der Waals surface area contributed by atoms with Gasteiger partial charge >= 0.3 is 0 Å². The summed E-state index contributed by atoms with van der Waals surface area (Å²) >= 11 is 0. The third-order valence-electron chi connectivity index (χ3n) is 6.08. The Morgan fingerprint density at radius 2 is 0.906 bits per heavy atom. The van der Waals surface area contributed by atoms with Crippen LogP contribution in [0.2, 0.25) is 0 Å². The van der Waals surface area contributed by atoms with E-state index in [2.05, 4.69) is 133 Å². The van der Waals surface area contributed by atoms with Crippen molar-refractivity contribution in [1.29, 1.82) is 0 Å². The fourth-order valence-electron chi connectivity index (χ4n) is 4.52. The lowest BCUT2D eigenvalue weighted by Gasteiger charge is -2.10. The lowest BCUT2D eigenvalue weighted by molar-refractivity contribution is 1.65. The van der Waals surface area contributed by atoms with E-state index in [1.54, 1.807) is 0 Å². The predicted molar refractivity (Wildman–Crippen MR) is 137 cm³/mol. The van der Waals surface area contributed by atoms with Crippen molar-refractivity contribution in [3.63, 3.8) is 0 Å². The largest absolute Gasteiger partial charge is 0.0616 e. The van der Waals surface area contributed by atoms with Crippen LogP contribution in [0.4, 0.5) is 0 Å². The molecule has 0 aliphatic rings. The van der Waals surface area contributed by atoms with Crippen molar-refractivity contribution in [2.45, 2.75) is 0 Å². The van der Waals surface area contributed by atoms with E-state index in [0.717, 1.165) is 11.1 Å². The van der Waals surface area contributed by atoms with E-state index in [9.17, 15) is 0 Å². The Morgan fingerprint density at radius 1 is 0.375 bits per heavy atom. The molecule has 0 aliphatic heterocycles. The van der Waals surface area contributed by atoms with Gasteiger partial charge in [-0.2, -0.15) is 0 Å². The second-order valence-corrected chi connectivity index (χ2v) is 8.05. The molecule has 32 heavy (non-hydrogen) atoms. The first-order chi connectivity index (χ1) is 15.9. The van der Waals surface area contributed by atoms with Gasteiger partial charge in [0.05, 0.1) is 0 Å². The summed E-state index contributed by atoms with van der Waals surface area (Å²) in [7, 11) is 0. The molecule has 0 unspecified atom stereocenters. The summed E-state index contributed by atoms with van der Waals surface area (Å²) in [5, 5.41) is 7.31. The number of benzene rings is 6. The molecule has 0 bridgehead atoms.